The number of amides is 1. The molecule has 20 heavy (non-hydrogen) atoms. The van der Waals surface area contributed by atoms with Crippen LogP contribution in [0.5, 0.6) is 0 Å². The predicted molar refractivity (Wildman–Crippen MR) is 71.2 cm³/mol. The van der Waals surface area contributed by atoms with Gasteiger partial charge in [-0.3, -0.25) is 14.9 Å². The summed E-state index contributed by atoms with van der Waals surface area (Å²) in [7, 11) is 0. The smallest absolute Gasteiger partial charge is 0.270 e. The van der Waals surface area contributed by atoms with Gasteiger partial charge in [0.25, 0.3) is 11.6 Å². The Morgan fingerprint density at radius 3 is 2.70 bits per heavy atom. The maximum absolute atomic E-state index is 13.8. The molecule has 0 saturated carbocycles. The molecule has 0 fully saturated rings. The molecule has 7 heteroatoms. The van der Waals surface area contributed by atoms with Gasteiger partial charge in [-0.15, -0.1) is 0 Å². The van der Waals surface area contributed by atoms with Crippen molar-refractivity contribution in [2.75, 3.05) is 13.2 Å². The van der Waals surface area contributed by atoms with Crippen LogP contribution in [-0.2, 0) is 4.74 Å². The van der Waals surface area contributed by atoms with Crippen LogP contribution in [0.1, 0.15) is 29.8 Å². The maximum Gasteiger partial charge on any atom is 0.270 e. The third-order valence-electron chi connectivity index (χ3n) is 2.53. The molecular formula is C13H17FN2O4. The zero-order valence-corrected chi connectivity index (χ0v) is 11.6. The van der Waals surface area contributed by atoms with Gasteiger partial charge in [0.2, 0.25) is 0 Å². The second-order valence-electron chi connectivity index (χ2n) is 4.56. The van der Waals surface area contributed by atoms with Crippen LogP contribution in [0.2, 0.25) is 0 Å². The van der Waals surface area contributed by atoms with E-state index in [2.05, 4.69) is 5.32 Å². The number of nitrogens with zero attached hydrogens (tertiary/aromatic N) is 1. The molecule has 1 N–H and O–H groups in total. The number of hydrogen-bond donors (Lipinski definition) is 1. The number of nitro benzene ring substituents is 1. The number of rotatable bonds is 6. The monoisotopic (exact) mass is 284 g/mol. The van der Waals surface area contributed by atoms with Gasteiger partial charge in [0.05, 0.1) is 23.2 Å². The molecule has 0 bridgehead atoms. The van der Waals surface area contributed by atoms with Crippen LogP contribution in [0.25, 0.3) is 0 Å². The fourth-order valence-corrected chi connectivity index (χ4v) is 1.58. The molecule has 0 unspecified atom stereocenters. The van der Waals surface area contributed by atoms with E-state index in [0.717, 1.165) is 12.1 Å². The molecule has 0 spiro atoms. The van der Waals surface area contributed by atoms with E-state index in [9.17, 15) is 19.3 Å². The van der Waals surface area contributed by atoms with Crippen molar-refractivity contribution in [3.63, 3.8) is 0 Å². The Kier molecular flexibility index (Phi) is 5.57. The Morgan fingerprint density at radius 1 is 1.50 bits per heavy atom. The van der Waals surface area contributed by atoms with Crippen molar-refractivity contribution in [2.45, 2.75) is 26.9 Å². The molecule has 0 radical (unpaired) electrons. The number of hydrogen-bond acceptors (Lipinski definition) is 4. The number of carbonyl (C=O) groups excluding carboxylic acids is 1. The first-order chi connectivity index (χ1) is 9.32. The number of halogens is 1. The van der Waals surface area contributed by atoms with Crippen molar-refractivity contribution >= 4 is 11.6 Å². The van der Waals surface area contributed by atoms with Crippen molar-refractivity contribution in [3.05, 3.63) is 39.2 Å². The van der Waals surface area contributed by atoms with E-state index in [1.165, 1.54) is 6.92 Å². The van der Waals surface area contributed by atoms with Crippen LogP contribution < -0.4 is 5.32 Å². The second kappa shape index (κ2) is 6.95. The molecule has 0 saturated heterocycles. The molecule has 0 aliphatic carbocycles. The zero-order valence-electron chi connectivity index (χ0n) is 11.6. The molecule has 1 aromatic rings. The number of nitrogens with one attached hydrogen (secondary N) is 1. The third kappa shape index (κ3) is 4.27. The number of ether oxygens (including phenoxy) is 1. The minimum Gasteiger partial charge on any atom is -0.377 e. The molecule has 0 heterocycles. The van der Waals surface area contributed by atoms with Crippen LogP contribution in [0, 0.1) is 22.9 Å². The van der Waals surface area contributed by atoms with Crippen molar-refractivity contribution < 1.29 is 18.8 Å². The number of non-ortho nitro benzene ring substituents is 1. The summed E-state index contributed by atoms with van der Waals surface area (Å²) >= 11 is 0. The Labute approximate surface area is 116 Å². The molecule has 1 aromatic carbocycles. The van der Waals surface area contributed by atoms with Gasteiger partial charge in [0.1, 0.15) is 5.82 Å². The van der Waals surface area contributed by atoms with Crippen LogP contribution in [0.4, 0.5) is 10.1 Å². The van der Waals surface area contributed by atoms with Gasteiger partial charge in [-0.1, -0.05) is 0 Å². The summed E-state index contributed by atoms with van der Waals surface area (Å²) in [4.78, 5) is 21.9. The highest BCUT2D eigenvalue weighted by molar-refractivity contribution is 5.95. The lowest BCUT2D eigenvalue weighted by Gasteiger charge is -2.09. The van der Waals surface area contributed by atoms with E-state index < -0.39 is 16.6 Å². The fraction of sp³-hybridized carbons (Fsp3) is 0.462. The quantitative estimate of drug-likeness (QED) is 0.493. The number of carbonyl (C=O) groups is 1. The molecular weight excluding hydrogens is 267 g/mol. The topological polar surface area (TPSA) is 81.5 Å². The minimum absolute atomic E-state index is 0.0312. The van der Waals surface area contributed by atoms with Gasteiger partial charge in [-0.2, -0.15) is 0 Å². The lowest BCUT2D eigenvalue weighted by atomic mass is 10.1. The molecule has 0 aliphatic rings. The van der Waals surface area contributed by atoms with E-state index in [4.69, 9.17) is 4.74 Å². The van der Waals surface area contributed by atoms with Crippen LogP contribution in [0.3, 0.4) is 0 Å². The summed E-state index contributed by atoms with van der Waals surface area (Å²) in [6.07, 6.45) is 0.0312. The van der Waals surface area contributed by atoms with E-state index in [0.29, 0.717) is 6.61 Å². The summed E-state index contributed by atoms with van der Waals surface area (Å²) in [5.41, 5.74) is -0.587. The van der Waals surface area contributed by atoms with Gasteiger partial charge in [-0.25, -0.2) is 4.39 Å². The van der Waals surface area contributed by atoms with Crippen molar-refractivity contribution in [2.24, 2.45) is 0 Å². The van der Waals surface area contributed by atoms with Crippen molar-refractivity contribution in [1.29, 1.82) is 0 Å². The highest BCUT2D eigenvalue weighted by Crippen LogP contribution is 2.20. The number of benzene rings is 1. The lowest BCUT2D eigenvalue weighted by molar-refractivity contribution is -0.385. The van der Waals surface area contributed by atoms with Crippen molar-refractivity contribution in [3.8, 4) is 0 Å². The highest BCUT2D eigenvalue weighted by Gasteiger charge is 2.19. The Hall–Kier alpha value is -2.02. The maximum atomic E-state index is 13.8. The number of aryl methyl sites for hydroxylation is 1. The van der Waals surface area contributed by atoms with Crippen LogP contribution in [0.15, 0.2) is 12.1 Å². The molecule has 0 aliphatic heterocycles. The van der Waals surface area contributed by atoms with E-state index >= 15 is 0 Å². The van der Waals surface area contributed by atoms with Crippen LogP contribution in [-0.4, -0.2) is 30.1 Å². The van der Waals surface area contributed by atoms with Gasteiger partial charge in [0, 0.05) is 18.7 Å². The van der Waals surface area contributed by atoms with E-state index in [1.54, 1.807) is 0 Å². The molecule has 0 atom stereocenters. The molecule has 1 amide bonds. The van der Waals surface area contributed by atoms with Gasteiger partial charge >= 0.3 is 0 Å². The second-order valence-corrected chi connectivity index (χ2v) is 4.56. The average Bonchev–Trinajstić information content (AvgIpc) is 2.36. The van der Waals surface area contributed by atoms with Crippen LogP contribution >= 0.6 is 0 Å². The fourth-order valence-electron chi connectivity index (χ4n) is 1.58. The first-order valence-electron chi connectivity index (χ1n) is 6.17. The Balaban J connectivity index is 2.79. The Morgan fingerprint density at radius 2 is 2.15 bits per heavy atom. The first kappa shape index (κ1) is 16.0. The van der Waals surface area contributed by atoms with Gasteiger partial charge in [0.15, 0.2) is 0 Å². The summed E-state index contributed by atoms with van der Waals surface area (Å²) < 4.78 is 19.0. The normalized spacial score (nSPS) is 10.7. The van der Waals surface area contributed by atoms with E-state index in [1.807, 2.05) is 13.8 Å². The summed E-state index contributed by atoms with van der Waals surface area (Å²) in [5, 5.41) is 13.2. The van der Waals surface area contributed by atoms with Gasteiger partial charge < -0.3 is 10.1 Å². The standard InChI is InChI=1S/C13H17FN2O4/c1-8(2)20-5-4-15-13(17)11-7-10(16(18)19)6-9(3)12(11)14/h6-8H,4-5H2,1-3H3,(H,15,17). The summed E-state index contributed by atoms with van der Waals surface area (Å²) in [5.74, 6) is -1.44. The zero-order chi connectivity index (χ0) is 15.3. The average molecular weight is 284 g/mol. The predicted octanol–water partition coefficient (Wildman–Crippen LogP) is 2.20. The van der Waals surface area contributed by atoms with Gasteiger partial charge in [-0.05, 0) is 26.3 Å². The molecule has 1 rings (SSSR count). The highest BCUT2D eigenvalue weighted by atomic mass is 19.1. The Bertz CT molecular complexity index is 517. The van der Waals surface area contributed by atoms with E-state index in [-0.39, 0.29) is 29.5 Å². The molecule has 110 valence electrons. The third-order valence-corrected chi connectivity index (χ3v) is 2.53. The first-order valence-corrected chi connectivity index (χ1v) is 6.17. The lowest BCUT2D eigenvalue weighted by Crippen LogP contribution is -2.29. The summed E-state index contributed by atoms with van der Waals surface area (Å²) in [6, 6.07) is 2.02. The SMILES string of the molecule is Cc1cc([N+](=O)[O-])cc(C(=O)NCCOC(C)C)c1F. The molecule has 0 aromatic heterocycles. The molecule has 6 nitrogen and oxygen atoms in total. The largest absolute Gasteiger partial charge is 0.377 e. The number of nitro groups is 1. The minimum atomic E-state index is -0.752. The summed E-state index contributed by atoms with van der Waals surface area (Å²) in [6.45, 7) is 5.58. The van der Waals surface area contributed by atoms with Crippen molar-refractivity contribution in [1.82, 2.24) is 5.32 Å².